The zero-order valence-corrected chi connectivity index (χ0v) is 11.2. The van der Waals surface area contributed by atoms with Gasteiger partial charge in [-0.1, -0.05) is 0 Å². The number of methoxy groups -OCH3 is 1. The molecular weight excluding hydrogens is 270 g/mol. The Hall–Kier alpha value is -1.75. The van der Waals surface area contributed by atoms with Crippen molar-refractivity contribution in [2.45, 2.75) is 6.42 Å². The van der Waals surface area contributed by atoms with Crippen molar-refractivity contribution in [2.75, 3.05) is 24.4 Å². The van der Waals surface area contributed by atoms with E-state index in [1.165, 1.54) is 18.1 Å². The van der Waals surface area contributed by atoms with Crippen LogP contribution in [0, 0.1) is 5.92 Å². The highest BCUT2D eigenvalue weighted by atomic mass is 35.5. The number of alkyl halides is 1. The molecule has 2 rings (SSSR count). The van der Waals surface area contributed by atoms with E-state index < -0.39 is 5.97 Å². The molecule has 5 nitrogen and oxygen atoms in total. The second-order valence-electron chi connectivity index (χ2n) is 4.42. The SMILES string of the molecule is COc1ccc(C(=O)O)c(N2CC(CCl)CC2=O)c1. The van der Waals surface area contributed by atoms with E-state index in [1.807, 2.05) is 0 Å². The summed E-state index contributed by atoms with van der Waals surface area (Å²) in [6, 6.07) is 4.57. The first kappa shape index (κ1) is 13.7. The largest absolute Gasteiger partial charge is 0.497 e. The number of carboxylic acid groups (broad SMARTS) is 1. The van der Waals surface area contributed by atoms with Gasteiger partial charge in [-0.3, -0.25) is 4.79 Å². The Morgan fingerprint density at radius 1 is 1.58 bits per heavy atom. The van der Waals surface area contributed by atoms with Crippen LogP contribution in [0.2, 0.25) is 0 Å². The quantitative estimate of drug-likeness (QED) is 0.858. The van der Waals surface area contributed by atoms with E-state index in [4.69, 9.17) is 16.3 Å². The number of anilines is 1. The van der Waals surface area contributed by atoms with Gasteiger partial charge in [0.2, 0.25) is 5.91 Å². The summed E-state index contributed by atoms with van der Waals surface area (Å²) in [4.78, 5) is 24.7. The lowest BCUT2D eigenvalue weighted by Crippen LogP contribution is -2.26. The number of carbonyl (C=O) groups excluding carboxylic acids is 1. The number of halogens is 1. The van der Waals surface area contributed by atoms with Crippen molar-refractivity contribution in [2.24, 2.45) is 5.92 Å². The van der Waals surface area contributed by atoms with Gasteiger partial charge in [0, 0.05) is 24.9 Å². The molecule has 19 heavy (non-hydrogen) atoms. The van der Waals surface area contributed by atoms with E-state index in [0.29, 0.717) is 30.3 Å². The van der Waals surface area contributed by atoms with Crippen LogP contribution in [0.15, 0.2) is 18.2 Å². The molecular formula is C13H14ClNO4. The second kappa shape index (κ2) is 5.48. The maximum absolute atomic E-state index is 12.0. The predicted octanol–water partition coefficient (Wildman–Crippen LogP) is 1.99. The third-order valence-electron chi connectivity index (χ3n) is 3.15. The zero-order valence-electron chi connectivity index (χ0n) is 10.4. The van der Waals surface area contributed by atoms with Crippen molar-refractivity contribution in [3.8, 4) is 5.75 Å². The molecule has 1 amide bonds. The molecule has 0 saturated carbocycles. The lowest BCUT2D eigenvalue weighted by molar-refractivity contribution is -0.117. The Kier molecular flexibility index (Phi) is 3.95. The van der Waals surface area contributed by atoms with Gasteiger partial charge in [0.05, 0.1) is 18.4 Å². The Morgan fingerprint density at radius 2 is 2.32 bits per heavy atom. The maximum Gasteiger partial charge on any atom is 0.337 e. The van der Waals surface area contributed by atoms with Crippen LogP contribution in [0.3, 0.4) is 0 Å². The summed E-state index contributed by atoms with van der Waals surface area (Å²) in [6.45, 7) is 0.440. The van der Waals surface area contributed by atoms with Gasteiger partial charge in [-0.25, -0.2) is 4.79 Å². The Morgan fingerprint density at radius 3 is 2.84 bits per heavy atom. The van der Waals surface area contributed by atoms with Gasteiger partial charge in [0.1, 0.15) is 5.75 Å². The van der Waals surface area contributed by atoms with Crippen molar-refractivity contribution >= 4 is 29.2 Å². The molecule has 1 heterocycles. The third-order valence-corrected chi connectivity index (χ3v) is 3.59. The maximum atomic E-state index is 12.0. The molecule has 1 N–H and O–H groups in total. The summed E-state index contributed by atoms with van der Waals surface area (Å²) < 4.78 is 5.08. The molecule has 1 aromatic rings. The minimum absolute atomic E-state index is 0.0574. The standard InChI is InChI=1S/C13H14ClNO4/c1-19-9-2-3-10(13(17)18)11(5-9)15-7-8(6-14)4-12(15)16/h2-3,5,8H,4,6-7H2,1H3,(H,17,18). The first-order valence-electron chi connectivity index (χ1n) is 5.84. The van der Waals surface area contributed by atoms with E-state index in [1.54, 1.807) is 12.1 Å². The minimum atomic E-state index is -1.07. The van der Waals surface area contributed by atoms with Crippen LogP contribution in [0.4, 0.5) is 5.69 Å². The normalized spacial score (nSPS) is 18.7. The topological polar surface area (TPSA) is 66.8 Å². The van der Waals surface area contributed by atoms with Crippen LogP contribution >= 0.6 is 11.6 Å². The molecule has 0 bridgehead atoms. The molecule has 1 saturated heterocycles. The predicted molar refractivity (Wildman–Crippen MR) is 71.1 cm³/mol. The van der Waals surface area contributed by atoms with Crippen molar-refractivity contribution < 1.29 is 19.4 Å². The van der Waals surface area contributed by atoms with Gasteiger partial charge in [-0.15, -0.1) is 11.6 Å². The number of hydrogen-bond acceptors (Lipinski definition) is 3. The number of ether oxygens (including phenoxy) is 1. The van der Waals surface area contributed by atoms with Crippen molar-refractivity contribution in [3.05, 3.63) is 23.8 Å². The average molecular weight is 284 g/mol. The van der Waals surface area contributed by atoms with E-state index >= 15 is 0 Å². The Labute approximate surface area is 115 Å². The molecule has 1 atom stereocenters. The smallest absolute Gasteiger partial charge is 0.337 e. The summed E-state index contributed by atoms with van der Waals surface area (Å²) >= 11 is 5.77. The first-order valence-corrected chi connectivity index (χ1v) is 6.38. The van der Waals surface area contributed by atoms with E-state index in [2.05, 4.69) is 0 Å². The minimum Gasteiger partial charge on any atom is -0.497 e. The molecule has 1 aromatic carbocycles. The number of hydrogen-bond donors (Lipinski definition) is 1. The van der Waals surface area contributed by atoms with E-state index in [9.17, 15) is 14.7 Å². The highest BCUT2D eigenvalue weighted by Crippen LogP contribution is 2.31. The van der Waals surface area contributed by atoms with Crippen molar-refractivity contribution in [3.63, 3.8) is 0 Å². The highest BCUT2D eigenvalue weighted by Gasteiger charge is 2.32. The molecule has 1 fully saturated rings. The van der Waals surface area contributed by atoms with Gasteiger partial charge in [-0.2, -0.15) is 0 Å². The van der Waals surface area contributed by atoms with Gasteiger partial charge in [0.25, 0.3) is 0 Å². The molecule has 1 aliphatic rings. The van der Waals surface area contributed by atoms with Gasteiger partial charge >= 0.3 is 5.97 Å². The number of carbonyl (C=O) groups is 2. The number of amides is 1. The molecule has 1 aliphatic heterocycles. The molecule has 0 spiro atoms. The Bertz CT molecular complexity index is 517. The van der Waals surface area contributed by atoms with E-state index in [-0.39, 0.29) is 17.4 Å². The van der Waals surface area contributed by atoms with Crippen LogP contribution in [-0.4, -0.2) is 36.5 Å². The highest BCUT2D eigenvalue weighted by molar-refractivity contribution is 6.18. The van der Waals surface area contributed by atoms with E-state index in [0.717, 1.165) is 0 Å². The van der Waals surface area contributed by atoms with Crippen LogP contribution in [0.25, 0.3) is 0 Å². The first-order chi connectivity index (χ1) is 9.06. The van der Waals surface area contributed by atoms with Crippen LogP contribution < -0.4 is 9.64 Å². The fraction of sp³-hybridized carbons (Fsp3) is 0.385. The monoisotopic (exact) mass is 283 g/mol. The van der Waals surface area contributed by atoms with Crippen molar-refractivity contribution in [1.82, 2.24) is 0 Å². The van der Waals surface area contributed by atoms with Crippen LogP contribution in [0.1, 0.15) is 16.8 Å². The Balaban J connectivity index is 2.42. The fourth-order valence-corrected chi connectivity index (χ4v) is 2.37. The number of aromatic carboxylic acids is 1. The van der Waals surface area contributed by atoms with Crippen LogP contribution in [-0.2, 0) is 4.79 Å². The molecule has 102 valence electrons. The number of rotatable bonds is 4. The summed E-state index contributed by atoms with van der Waals surface area (Å²) in [6.07, 6.45) is 0.347. The summed E-state index contributed by atoms with van der Waals surface area (Å²) in [5.74, 6) is -0.223. The third kappa shape index (κ3) is 2.66. The second-order valence-corrected chi connectivity index (χ2v) is 4.73. The number of nitrogens with zero attached hydrogens (tertiary/aromatic N) is 1. The van der Waals surface area contributed by atoms with Gasteiger partial charge in [-0.05, 0) is 18.1 Å². The molecule has 0 aliphatic carbocycles. The zero-order chi connectivity index (χ0) is 14.0. The number of carboxylic acids is 1. The van der Waals surface area contributed by atoms with Crippen LogP contribution in [0.5, 0.6) is 5.75 Å². The molecule has 0 radical (unpaired) electrons. The molecule has 0 aromatic heterocycles. The summed E-state index contributed by atoms with van der Waals surface area (Å²) in [5, 5.41) is 9.19. The molecule has 1 unspecified atom stereocenters. The van der Waals surface area contributed by atoms with Gasteiger partial charge < -0.3 is 14.7 Å². The summed E-state index contributed by atoms with van der Waals surface area (Å²) in [5.41, 5.74) is 0.453. The lowest BCUT2D eigenvalue weighted by atomic mass is 10.1. The lowest BCUT2D eigenvalue weighted by Gasteiger charge is -2.19. The van der Waals surface area contributed by atoms with Crippen molar-refractivity contribution in [1.29, 1.82) is 0 Å². The average Bonchev–Trinajstić information content (AvgIpc) is 2.79. The summed E-state index contributed by atoms with van der Waals surface area (Å²) in [7, 11) is 1.49. The number of benzene rings is 1. The molecule has 6 heteroatoms. The van der Waals surface area contributed by atoms with Gasteiger partial charge in [0.15, 0.2) is 0 Å². The fourth-order valence-electron chi connectivity index (χ4n) is 2.16.